The van der Waals surface area contributed by atoms with Gasteiger partial charge in [0.25, 0.3) is 0 Å². The number of carbonyl (C=O) groups is 1. The van der Waals surface area contributed by atoms with E-state index in [2.05, 4.69) is 0 Å². The van der Waals surface area contributed by atoms with Crippen LogP contribution in [0.5, 0.6) is 11.5 Å². The van der Waals surface area contributed by atoms with Crippen molar-refractivity contribution in [1.29, 1.82) is 0 Å². The van der Waals surface area contributed by atoms with Gasteiger partial charge in [0.05, 0.1) is 13.7 Å². The number of carbonyl (C=O) groups excluding carboxylic acids is 1. The zero-order chi connectivity index (χ0) is 22.3. The Bertz CT molecular complexity index is 1180. The van der Waals surface area contributed by atoms with Crippen LogP contribution in [-0.4, -0.2) is 25.2 Å². The van der Waals surface area contributed by atoms with Crippen molar-refractivity contribution in [2.45, 2.75) is 19.4 Å². The van der Waals surface area contributed by atoms with E-state index in [1.807, 2.05) is 18.0 Å². The van der Waals surface area contributed by atoms with Crippen molar-refractivity contribution in [1.82, 2.24) is 0 Å². The van der Waals surface area contributed by atoms with Crippen molar-refractivity contribution < 1.29 is 28.2 Å². The molecular formula is C24H21F2NO4. The number of anilines is 2. The van der Waals surface area contributed by atoms with E-state index in [0.717, 1.165) is 6.07 Å². The fraction of sp³-hybridized carbons (Fsp3) is 0.208. The second kappa shape index (κ2) is 8.00. The minimum Gasteiger partial charge on any atom is -0.497 e. The van der Waals surface area contributed by atoms with Crippen LogP contribution in [0.25, 0.3) is 0 Å². The average molecular weight is 425 g/mol. The molecule has 0 aliphatic carbocycles. The van der Waals surface area contributed by atoms with Gasteiger partial charge in [0.2, 0.25) is 5.75 Å². The third-order valence-corrected chi connectivity index (χ3v) is 5.58. The van der Waals surface area contributed by atoms with Gasteiger partial charge in [-0.2, -0.15) is 0 Å². The van der Waals surface area contributed by atoms with Crippen LogP contribution < -0.4 is 14.4 Å². The lowest BCUT2D eigenvalue weighted by Crippen LogP contribution is -2.30. The molecule has 7 heteroatoms. The summed E-state index contributed by atoms with van der Waals surface area (Å²) in [5.74, 6) is -3.86. The number of hydrogen-bond acceptors (Lipinski definition) is 5. The molecule has 5 nitrogen and oxygen atoms in total. The molecule has 0 amide bonds. The van der Waals surface area contributed by atoms with Crippen molar-refractivity contribution in [3.63, 3.8) is 0 Å². The predicted molar refractivity (Wildman–Crippen MR) is 112 cm³/mol. The lowest BCUT2D eigenvalue weighted by Gasteiger charge is -2.35. The Hall–Kier alpha value is -3.45. The fourth-order valence-electron chi connectivity index (χ4n) is 3.96. The maximum absolute atomic E-state index is 14.5. The van der Waals surface area contributed by atoms with Gasteiger partial charge >= 0.3 is 5.97 Å². The molecule has 31 heavy (non-hydrogen) atoms. The van der Waals surface area contributed by atoms with Crippen molar-refractivity contribution >= 4 is 17.3 Å². The third kappa shape index (κ3) is 3.41. The average Bonchev–Trinajstić information content (AvgIpc) is 2.79. The summed E-state index contributed by atoms with van der Waals surface area (Å²) in [7, 11) is 3.37. The van der Waals surface area contributed by atoms with E-state index in [-0.39, 0.29) is 12.2 Å². The van der Waals surface area contributed by atoms with Gasteiger partial charge in [-0.3, -0.25) is 4.79 Å². The molecular weight excluding hydrogens is 404 g/mol. The van der Waals surface area contributed by atoms with Crippen molar-refractivity contribution in [2.24, 2.45) is 0 Å². The van der Waals surface area contributed by atoms with Crippen LogP contribution in [0.3, 0.4) is 0 Å². The van der Waals surface area contributed by atoms with E-state index < -0.39 is 29.3 Å². The van der Waals surface area contributed by atoms with E-state index >= 15 is 0 Å². The summed E-state index contributed by atoms with van der Waals surface area (Å²) in [4.78, 5) is 15.2. The number of rotatable bonds is 4. The number of ether oxygens (including phenoxy) is 2. The molecule has 3 aromatic carbocycles. The second-order valence-electron chi connectivity index (χ2n) is 7.35. The van der Waals surface area contributed by atoms with Gasteiger partial charge in [0.15, 0.2) is 11.6 Å². The van der Waals surface area contributed by atoms with Crippen LogP contribution in [0.2, 0.25) is 0 Å². The Balaban J connectivity index is 1.89. The molecule has 0 bridgehead atoms. The molecule has 0 radical (unpaired) electrons. The number of methoxy groups -OCH3 is 1. The molecule has 0 saturated heterocycles. The zero-order valence-corrected chi connectivity index (χ0v) is 17.3. The highest BCUT2D eigenvalue weighted by Gasteiger charge is 2.37. The van der Waals surface area contributed by atoms with Gasteiger partial charge in [-0.05, 0) is 41.8 Å². The number of aliphatic hydroxyl groups is 1. The smallest absolute Gasteiger partial charge is 0.323 e. The molecule has 0 fully saturated rings. The first-order chi connectivity index (χ1) is 14.9. The first-order valence-corrected chi connectivity index (χ1v) is 9.68. The second-order valence-corrected chi connectivity index (χ2v) is 7.35. The van der Waals surface area contributed by atoms with E-state index in [0.29, 0.717) is 33.8 Å². The molecule has 1 heterocycles. The van der Waals surface area contributed by atoms with Crippen molar-refractivity contribution in [3.05, 3.63) is 82.4 Å². The van der Waals surface area contributed by atoms with E-state index in [4.69, 9.17) is 9.47 Å². The first-order valence-electron chi connectivity index (χ1n) is 9.68. The standard InChI is InChI=1S/C24H21F2NO4/c1-13-7-10-17(25)23(22(13)26)31-24(29)21-16-9-8-15(30-3)11-19(16)27(2)18-6-4-5-14(12-28)20(18)21/h4-11,21,28H,12H2,1-3H3. The Labute approximate surface area is 178 Å². The highest BCUT2D eigenvalue weighted by atomic mass is 19.1. The summed E-state index contributed by atoms with van der Waals surface area (Å²) in [5, 5.41) is 9.91. The number of halogens is 2. The molecule has 3 aromatic rings. The van der Waals surface area contributed by atoms with Gasteiger partial charge in [-0.25, -0.2) is 8.78 Å². The SMILES string of the molecule is COc1ccc2c(c1)N(C)c1cccc(CO)c1C2C(=O)Oc1c(F)ccc(C)c1F. The monoisotopic (exact) mass is 425 g/mol. The molecule has 0 spiro atoms. The van der Waals surface area contributed by atoms with Crippen LogP contribution in [0.15, 0.2) is 48.5 Å². The Morgan fingerprint density at radius 1 is 1.13 bits per heavy atom. The predicted octanol–water partition coefficient (Wildman–Crippen LogP) is 4.59. The Morgan fingerprint density at radius 2 is 1.90 bits per heavy atom. The van der Waals surface area contributed by atoms with Crippen LogP contribution in [0, 0.1) is 18.6 Å². The van der Waals surface area contributed by atoms with Crippen LogP contribution in [0.1, 0.15) is 28.2 Å². The van der Waals surface area contributed by atoms with E-state index in [1.54, 1.807) is 30.3 Å². The third-order valence-electron chi connectivity index (χ3n) is 5.58. The van der Waals surface area contributed by atoms with E-state index in [9.17, 15) is 18.7 Å². The van der Waals surface area contributed by atoms with Crippen LogP contribution in [0.4, 0.5) is 20.2 Å². The minimum atomic E-state index is -0.991. The van der Waals surface area contributed by atoms with Gasteiger partial charge in [0.1, 0.15) is 11.7 Å². The molecule has 1 aliphatic rings. The highest BCUT2D eigenvalue weighted by molar-refractivity contribution is 5.93. The summed E-state index contributed by atoms with van der Waals surface area (Å²) in [5.41, 5.74) is 3.17. The molecule has 4 rings (SSSR count). The van der Waals surface area contributed by atoms with E-state index in [1.165, 1.54) is 20.1 Å². The van der Waals surface area contributed by atoms with Crippen molar-refractivity contribution in [3.8, 4) is 11.5 Å². The van der Waals surface area contributed by atoms with Crippen LogP contribution in [-0.2, 0) is 11.4 Å². The van der Waals surface area contributed by atoms with Crippen molar-refractivity contribution in [2.75, 3.05) is 19.1 Å². The molecule has 1 atom stereocenters. The number of esters is 1. The summed E-state index contributed by atoms with van der Waals surface area (Å²) >= 11 is 0. The molecule has 1 unspecified atom stereocenters. The van der Waals surface area contributed by atoms with Gasteiger partial charge in [-0.15, -0.1) is 0 Å². The largest absolute Gasteiger partial charge is 0.497 e. The number of benzene rings is 3. The molecule has 0 saturated carbocycles. The molecule has 1 aliphatic heterocycles. The molecule has 0 aromatic heterocycles. The van der Waals surface area contributed by atoms with Gasteiger partial charge in [0, 0.05) is 30.1 Å². The number of aryl methyl sites for hydroxylation is 1. The van der Waals surface area contributed by atoms with Gasteiger partial charge < -0.3 is 19.5 Å². The Kier molecular flexibility index (Phi) is 5.37. The summed E-state index contributed by atoms with van der Waals surface area (Å²) in [6.07, 6.45) is 0. The summed E-state index contributed by atoms with van der Waals surface area (Å²) < 4.78 is 39.4. The summed E-state index contributed by atoms with van der Waals surface area (Å²) in [6, 6.07) is 12.8. The quantitative estimate of drug-likeness (QED) is 0.489. The molecule has 1 N–H and O–H groups in total. The Morgan fingerprint density at radius 3 is 2.61 bits per heavy atom. The molecule has 160 valence electrons. The maximum Gasteiger partial charge on any atom is 0.323 e. The first kappa shape index (κ1) is 20.8. The number of hydrogen-bond donors (Lipinski definition) is 1. The van der Waals surface area contributed by atoms with Gasteiger partial charge in [-0.1, -0.05) is 24.3 Å². The number of aliphatic hydroxyl groups excluding tert-OH is 1. The highest BCUT2D eigenvalue weighted by Crippen LogP contribution is 2.48. The fourth-order valence-corrected chi connectivity index (χ4v) is 3.96. The maximum atomic E-state index is 14.5. The minimum absolute atomic E-state index is 0.161. The number of fused-ring (bicyclic) bond motifs is 2. The topological polar surface area (TPSA) is 59.0 Å². The lowest BCUT2D eigenvalue weighted by molar-refractivity contribution is -0.135. The number of nitrogens with zero attached hydrogens (tertiary/aromatic N) is 1. The lowest BCUT2D eigenvalue weighted by atomic mass is 9.82. The normalized spacial score (nSPS) is 14.6. The van der Waals surface area contributed by atoms with Crippen LogP contribution >= 0.6 is 0 Å². The summed E-state index contributed by atoms with van der Waals surface area (Å²) in [6.45, 7) is 1.15. The zero-order valence-electron chi connectivity index (χ0n) is 17.3.